The van der Waals surface area contributed by atoms with E-state index in [0.29, 0.717) is 34.8 Å². The summed E-state index contributed by atoms with van der Waals surface area (Å²) in [4.78, 5) is 17.1. The van der Waals surface area contributed by atoms with E-state index in [0.717, 1.165) is 5.56 Å². The molecule has 0 atom stereocenters. The lowest BCUT2D eigenvalue weighted by Gasteiger charge is -2.14. The number of hydrogen-bond acceptors (Lipinski definition) is 5. The van der Waals surface area contributed by atoms with Crippen LogP contribution in [0.5, 0.6) is 11.5 Å². The van der Waals surface area contributed by atoms with Crippen molar-refractivity contribution in [2.75, 3.05) is 19.6 Å². The normalized spacial score (nSPS) is 10.6. The number of fused-ring (bicyclic) bond motifs is 1. The van der Waals surface area contributed by atoms with E-state index in [2.05, 4.69) is 10.4 Å². The lowest BCUT2D eigenvalue weighted by atomic mass is 10.2. The molecule has 0 saturated heterocycles. The van der Waals surface area contributed by atoms with E-state index in [1.165, 1.54) is 4.68 Å². The fourth-order valence-corrected chi connectivity index (χ4v) is 2.59. The Balaban J connectivity index is 1.90. The Morgan fingerprint density at radius 3 is 2.58 bits per heavy atom. The molecule has 0 bridgehead atoms. The maximum absolute atomic E-state index is 12.6. The molecule has 0 saturated carbocycles. The number of aromatic nitrogens is 2. The maximum Gasteiger partial charge on any atom is 0.279 e. The second-order valence-electron chi connectivity index (χ2n) is 5.34. The predicted octanol–water partition coefficient (Wildman–Crippen LogP) is 2.47. The highest BCUT2D eigenvalue weighted by Gasteiger charge is 2.08. The molecule has 1 N–H and O–H groups in total. The summed E-state index contributed by atoms with van der Waals surface area (Å²) in [6.07, 6.45) is 0. The van der Waals surface area contributed by atoms with Gasteiger partial charge in [-0.3, -0.25) is 4.79 Å². The Bertz CT molecular complexity index is 934. The van der Waals surface area contributed by atoms with Crippen LogP contribution in [-0.2, 0) is 6.54 Å². The standard InChI is InChI=1S/C18H19N3O3/c1-12-20-15-7-5-4-6-14(15)18(22)21(12)19-11-13-8-9-16(23-2)17(10-13)24-3/h4-10,19H,11H2,1-3H3. The third kappa shape index (κ3) is 2.90. The minimum Gasteiger partial charge on any atom is -0.493 e. The van der Waals surface area contributed by atoms with Crippen LogP contribution in [-0.4, -0.2) is 23.9 Å². The SMILES string of the molecule is COc1ccc(CNn2c(C)nc3ccccc3c2=O)cc1OC. The molecule has 0 aliphatic rings. The number of benzene rings is 2. The van der Waals surface area contributed by atoms with E-state index in [1.807, 2.05) is 36.4 Å². The molecule has 0 aliphatic carbocycles. The molecule has 0 amide bonds. The summed E-state index contributed by atoms with van der Waals surface area (Å²) in [5, 5.41) is 0.586. The number of aryl methyl sites for hydroxylation is 1. The van der Waals surface area contributed by atoms with Crippen molar-refractivity contribution in [3.63, 3.8) is 0 Å². The van der Waals surface area contributed by atoms with E-state index in [-0.39, 0.29) is 5.56 Å². The predicted molar refractivity (Wildman–Crippen MR) is 93.4 cm³/mol. The van der Waals surface area contributed by atoms with Gasteiger partial charge in [0.25, 0.3) is 5.56 Å². The van der Waals surface area contributed by atoms with Crippen molar-refractivity contribution in [3.05, 3.63) is 64.2 Å². The molecule has 24 heavy (non-hydrogen) atoms. The fourth-order valence-electron chi connectivity index (χ4n) is 2.59. The molecule has 2 aromatic carbocycles. The molecule has 6 heteroatoms. The molecule has 0 spiro atoms. The van der Waals surface area contributed by atoms with Crippen LogP contribution < -0.4 is 20.5 Å². The molecule has 6 nitrogen and oxygen atoms in total. The van der Waals surface area contributed by atoms with Crippen molar-refractivity contribution < 1.29 is 9.47 Å². The highest BCUT2D eigenvalue weighted by Crippen LogP contribution is 2.27. The van der Waals surface area contributed by atoms with Crippen LogP contribution in [0.1, 0.15) is 11.4 Å². The first kappa shape index (κ1) is 15.9. The lowest BCUT2D eigenvalue weighted by Crippen LogP contribution is -2.31. The quantitative estimate of drug-likeness (QED) is 0.780. The van der Waals surface area contributed by atoms with Crippen LogP contribution in [0.25, 0.3) is 10.9 Å². The first-order valence-corrected chi connectivity index (χ1v) is 7.57. The number of para-hydroxylation sites is 1. The largest absolute Gasteiger partial charge is 0.493 e. The van der Waals surface area contributed by atoms with E-state index >= 15 is 0 Å². The molecule has 3 rings (SSSR count). The average molecular weight is 325 g/mol. The summed E-state index contributed by atoms with van der Waals surface area (Å²) in [6, 6.07) is 12.9. The highest BCUT2D eigenvalue weighted by atomic mass is 16.5. The second kappa shape index (κ2) is 6.62. The lowest BCUT2D eigenvalue weighted by molar-refractivity contribution is 0.354. The van der Waals surface area contributed by atoms with Gasteiger partial charge in [0, 0.05) is 0 Å². The summed E-state index contributed by atoms with van der Waals surface area (Å²) in [5.74, 6) is 1.93. The molecule has 1 heterocycles. The van der Waals surface area contributed by atoms with Crippen molar-refractivity contribution in [2.45, 2.75) is 13.5 Å². The van der Waals surface area contributed by atoms with Crippen molar-refractivity contribution in [3.8, 4) is 11.5 Å². The van der Waals surface area contributed by atoms with E-state index in [9.17, 15) is 4.79 Å². The summed E-state index contributed by atoms with van der Waals surface area (Å²) >= 11 is 0. The number of rotatable bonds is 5. The molecule has 1 aromatic heterocycles. The Labute approximate surface area is 139 Å². The van der Waals surface area contributed by atoms with E-state index in [4.69, 9.17) is 9.47 Å². The van der Waals surface area contributed by atoms with Gasteiger partial charge in [0.1, 0.15) is 5.82 Å². The van der Waals surface area contributed by atoms with Crippen molar-refractivity contribution in [1.29, 1.82) is 0 Å². The third-order valence-electron chi connectivity index (χ3n) is 3.83. The van der Waals surface area contributed by atoms with Crippen LogP contribution in [0.15, 0.2) is 47.3 Å². The van der Waals surface area contributed by atoms with Crippen LogP contribution in [0, 0.1) is 6.92 Å². The van der Waals surface area contributed by atoms with Gasteiger partial charge >= 0.3 is 0 Å². The van der Waals surface area contributed by atoms with E-state index < -0.39 is 0 Å². The minimum absolute atomic E-state index is 0.112. The number of ether oxygens (including phenoxy) is 2. The molecule has 0 radical (unpaired) electrons. The van der Waals surface area contributed by atoms with Gasteiger partial charge in [-0.05, 0) is 36.8 Å². The topological polar surface area (TPSA) is 65.4 Å². The Morgan fingerprint density at radius 2 is 1.83 bits per heavy atom. The molecule has 124 valence electrons. The number of nitrogens with zero attached hydrogens (tertiary/aromatic N) is 2. The maximum atomic E-state index is 12.6. The van der Waals surface area contributed by atoms with Crippen molar-refractivity contribution in [2.24, 2.45) is 0 Å². The summed E-state index contributed by atoms with van der Waals surface area (Å²) < 4.78 is 12.0. The van der Waals surface area contributed by atoms with Gasteiger partial charge in [0.05, 0.1) is 31.7 Å². The third-order valence-corrected chi connectivity index (χ3v) is 3.83. The molecule has 0 unspecified atom stereocenters. The number of hydrogen-bond donors (Lipinski definition) is 1. The zero-order valence-corrected chi connectivity index (χ0v) is 13.9. The van der Waals surface area contributed by atoms with Crippen molar-refractivity contribution >= 4 is 10.9 Å². The zero-order valence-electron chi connectivity index (χ0n) is 13.9. The first-order chi connectivity index (χ1) is 11.6. The van der Waals surface area contributed by atoms with Crippen LogP contribution >= 0.6 is 0 Å². The Hall–Kier alpha value is -3.02. The molecule has 0 aliphatic heterocycles. The Morgan fingerprint density at radius 1 is 1.08 bits per heavy atom. The van der Waals surface area contributed by atoms with Gasteiger partial charge in [0.15, 0.2) is 11.5 Å². The van der Waals surface area contributed by atoms with Gasteiger partial charge in [-0.1, -0.05) is 18.2 Å². The second-order valence-corrected chi connectivity index (χ2v) is 5.34. The zero-order chi connectivity index (χ0) is 17.1. The van der Waals surface area contributed by atoms with Crippen LogP contribution in [0.3, 0.4) is 0 Å². The van der Waals surface area contributed by atoms with E-state index in [1.54, 1.807) is 27.2 Å². The number of methoxy groups -OCH3 is 2. The van der Waals surface area contributed by atoms with Crippen LogP contribution in [0.4, 0.5) is 0 Å². The Kier molecular flexibility index (Phi) is 4.37. The number of nitrogens with one attached hydrogen (secondary N) is 1. The fraction of sp³-hybridized carbons (Fsp3) is 0.222. The summed E-state index contributed by atoms with van der Waals surface area (Å²) in [6.45, 7) is 2.26. The van der Waals surface area contributed by atoms with Crippen molar-refractivity contribution in [1.82, 2.24) is 9.66 Å². The minimum atomic E-state index is -0.112. The van der Waals surface area contributed by atoms with Gasteiger partial charge in [-0.15, -0.1) is 0 Å². The van der Waals surface area contributed by atoms with Gasteiger partial charge in [-0.25, -0.2) is 9.66 Å². The van der Waals surface area contributed by atoms with Gasteiger partial charge < -0.3 is 14.9 Å². The van der Waals surface area contributed by atoms with Crippen LogP contribution in [0.2, 0.25) is 0 Å². The highest BCUT2D eigenvalue weighted by molar-refractivity contribution is 5.77. The smallest absolute Gasteiger partial charge is 0.279 e. The summed E-state index contributed by atoms with van der Waals surface area (Å²) in [7, 11) is 3.19. The first-order valence-electron chi connectivity index (χ1n) is 7.57. The summed E-state index contributed by atoms with van der Waals surface area (Å²) in [5.41, 5.74) is 4.67. The average Bonchev–Trinajstić information content (AvgIpc) is 2.61. The molecule has 0 fully saturated rings. The molecule has 3 aromatic rings. The van der Waals surface area contributed by atoms with Gasteiger partial charge in [0.2, 0.25) is 0 Å². The monoisotopic (exact) mass is 325 g/mol. The molecular weight excluding hydrogens is 306 g/mol. The molecular formula is C18H19N3O3. The van der Waals surface area contributed by atoms with Gasteiger partial charge in [-0.2, -0.15) is 0 Å².